The summed E-state index contributed by atoms with van der Waals surface area (Å²) in [6, 6.07) is 19.7. The van der Waals surface area contributed by atoms with Crippen molar-refractivity contribution in [3.63, 3.8) is 0 Å². The molecule has 25 heavy (non-hydrogen) atoms. The van der Waals surface area contributed by atoms with E-state index in [0.717, 1.165) is 5.46 Å². The van der Waals surface area contributed by atoms with Gasteiger partial charge in [0, 0.05) is 22.2 Å². The molecule has 5 heteroatoms. The van der Waals surface area contributed by atoms with Crippen LogP contribution < -0.4 is 14.8 Å². The maximum atomic E-state index is 13.0. The zero-order chi connectivity index (χ0) is 17.0. The van der Waals surface area contributed by atoms with E-state index in [1.54, 1.807) is 36.4 Å². The number of carbonyl (C=O) groups excluding carboxylic acids is 2. The molecule has 1 heterocycles. The normalized spacial score (nSPS) is 14.3. The van der Waals surface area contributed by atoms with E-state index in [2.05, 4.69) is 0 Å². The van der Waals surface area contributed by atoms with Gasteiger partial charge < -0.3 is 9.31 Å². The van der Waals surface area contributed by atoms with Gasteiger partial charge in [0.1, 0.15) is 5.75 Å². The number of carbonyl (C=O) groups is 2. The fourth-order valence-electron chi connectivity index (χ4n) is 3.34. The summed E-state index contributed by atoms with van der Waals surface area (Å²) < 4.78 is 11.8. The summed E-state index contributed by atoms with van der Waals surface area (Å²) in [5.41, 5.74) is 2.33. The lowest BCUT2D eigenvalue weighted by Gasteiger charge is -2.18. The first kappa shape index (κ1) is 14.0. The molecule has 2 aliphatic rings. The van der Waals surface area contributed by atoms with Gasteiger partial charge in [0.25, 0.3) is 0 Å². The van der Waals surface area contributed by atoms with Crippen LogP contribution in [-0.2, 0) is 0 Å². The van der Waals surface area contributed by atoms with Crippen molar-refractivity contribution >= 4 is 24.1 Å². The second kappa shape index (κ2) is 5.08. The third-order valence-corrected chi connectivity index (χ3v) is 4.54. The number of fused-ring (bicyclic) bond motifs is 4. The minimum Gasteiger partial charge on any atom is -0.519 e. The first-order valence-corrected chi connectivity index (χ1v) is 7.98. The largest absolute Gasteiger partial charge is 0.632 e. The summed E-state index contributed by atoms with van der Waals surface area (Å²) in [5, 5.41) is 0. The Hall–Kier alpha value is -3.34. The fourth-order valence-corrected chi connectivity index (χ4v) is 3.34. The molecule has 3 aromatic rings. The minimum atomic E-state index is -0.622. The lowest BCUT2D eigenvalue weighted by molar-refractivity contribution is 0.0977. The van der Waals surface area contributed by atoms with Crippen LogP contribution in [0.5, 0.6) is 11.5 Å². The fraction of sp³-hybridized carbons (Fsp3) is 0. The molecule has 0 saturated carbocycles. The highest BCUT2D eigenvalue weighted by Gasteiger charge is 2.41. The molecular weight excluding hydrogens is 315 g/mol. The maximum Gasteiger partial charge on any atom is 0.632 e. The number of hydrogen-bond acceptors (Lipinski definition) is 4. The molecule has 0 radical (unpaired) electrons. The lowest BCUT2D eigenvalue weighted by Crippen LogP contribution is -2.39. The van der Waals surface area contributed by atoms with Gasteiger partial charge in [-0.2, -0.15) is 0 Å². The van der Waals surface area contributed by atoms with Crippen molar-refractivity contribution < 1.29 is 18.9 Å². The van der Waals surface area contributed by atoms with Crippen molar-refractivity contribution in [1.29, 1.82) is 0 Å². The van der Waals surface area contributed by atoms with Gasteiger partial charge in [0.15, 0.2) is 17.3 Å². The van der Waals surface area contributed by atoms with Crippen LogP contribution in [0.4, 0.5) is 0 Å². The second-order valence-electron chi connectivity index (χ2n) is 6.00. The summed E-state index contributed by atoms with van der Waals surface area (Å²) in [5.74, 6) is 0.450. The summed E-state index contributed by atoms with van der Waals surface area (Å²) in [4.78, 5) is 25.7. The van der Waals surface area contributed by atoms with E-state index in [9.17, 15) is 9.59 Å². The molecule has 0 saturated heterocycles. The van der Waals surface area contributed by atoms with Gasteiger partial charge in [-0.15, -0.1) is 0 Å². The predicted molar refractivity (Wildman–Crippen MR) is 92.8 cm³/mol. The van der Waals surface area contributed by atoms with Crippen molar-refractivity contribution in [2.75, 3.05) is 0 Å². The highest BCUT2D eigenvalue weighted by molar-refractivity contribution is 6.63. The molecule has 1 aliphatic heterocycles. The summed E-state index contributed by atoms with van der Waals surface area (Å²) in [7, 11) is -0.622. The molecule has 0 amide bonds. The third-order valence-electron chi connectivity index (χ3n) is 4.54. The third kappa shape index (κ3) is 1.96. The van der Waals surface area contributed by atoms with Crippen LogP contribution in [0, 0.1) is 0 Å². The topological polar surface area (TPSA) is 52.6 Å². The number of rotatable bonds is 1. The summed E-state index contributed by atoms with van der Waals surface area (Å²) in [6.07, 6.45) is 0. The van der Waals surface area contributed by atoms with Crippen molar-refractivity contribution in [2.24, 2.45) is 0 Å². The van der Waals surface area contributed by atoms with E-state index in [0.29, 0.717) is 33.8 Å². The van der Waals surface area contributed by atoms with E-state index in [4.69, 9.17) is 9.31 Å². The molecule has 0 unspecified atom stereocenters. The Morgan fingerprint density at radius 1 is 0.640 bits per heavy atom. The van der Waals surface area contributed by atoms with Gasteiger partial charge in [-0.25, -0.2) is 0 Å². The van der Waals surface area contributed by atoms with Crippen LogP contribution >= 0.6 is 0 Å². The van der Waals surface area contributed by atoms with Crippen LogP contribution in [0.3, 0.4) is 0 Å². The highest BCUT2D eigenvalue weighted by atomic mass is 16.6. The number of hydrogen-bond donors (Lipinski definition) is 0. The average Bonchev–Trinajstić information content (AvgIpc) is 3.10. The Bertz CT molecular complexity index is 1040. The van der Waals surface area contributed by atoms with Gasteiger partial charge >= 0.3 is 7.12 Å². The molecule has 5 rings (SSSR count). The predicted octanol–water partition coefficient (Wildman–Crippen LogP) is 2.63. The van der Waals surface area contributed by atoms with Crippen molar-refractivity contribution in [2.45, 2.75) is 0 Å². The maximum absolute atomic E-state index is 13.0. The minimum absolute atomic E-state index is 0.167. The standard InChI is InChI=1S/C20H11BO4/c22-18-13-8-4-5-9-14(13)19(23)17-15(18)10-11-16-20(17)25-21(24-16)12-6-2-1-3-7-12/h1-11H. The molecule has 0 N–H and O–H groups in total. The van der Waals surface area contributed by atoms with E-state index in [1.807, 2.05) is 30.3 Å². The molecule has 3 aromatic carbocycles. The lowest BCUT2D eigenvalue weighted by atomic mass is 9.79. The Morgan fingerprint density at radius 2 is 1.32 bits per heavy atom. The molecule has 0 aromatic heterocycles. The number of benzene rings is 3. The van der Waals surface area contributed by atoms with Crippen LogP contribution in [0.2, 0.25) is 0 Å². The number of ketones is 2. The molecular formula is C20H11BO4. The summed E-state index contributed by atoms with van der Waals surface area (Å²) in [6.45, 7) is 0. The van der Waals surface area contributed by atoms with Crippen LogP contribution in [-0.4, -0.2) is 18.7 Å². The van der Waals surface area contributed by atoms with Gasteiger partial charge in [0.2, 0.25) is 0 Å². The van der Waals surface area contributed by atoms with Gasteiger partial charge in [-0.3, -0.25) is 9.59 Å². The van der Waals surface area contributed by atoms with Crippen LogP contribution in [0.25, 0.3) is 0 Å². The molecule has 0 fully saturated rings. The highest BCUT2D eigenvalue weighted by Crippen LogP contribution is 2.42. The zero-order valence-electron chi connectivity index (χ0n) is 13.1. The van der Waals surface area contributed by atoms with E-state index in [1.165, 1.54) is 0 Å². The van der Waals surface area contributed by atoms with Gasteiger partial charge in [-0.1, -0.05) is 54.6 Å². The SMILES string of the molecule is O=C1c2ccccc2C(=O)c2c1ccc1c2OB(c2ccccc2)O1. The van der Waals surface area contributed by atoms with Crippen molar-refractivity contribution in [3.8, 4) is 11.5 Å². The van der Waals surface area contributed by atoms with E-state index < -0.39 is 7.12 Å². The van der Waals surface area contributed by atoms with Crippen molar-refractivity contribution in [1.82, 2.24) is 0 Å². The molecule has 0 spiro atoms. The average molecular weight is 326 g/mol. The Labute approximate surface area is 144 Å². The van der Waals surface area contributed by atoms with Crippen LogP contribution in [0.15, 0.2) is 66.7 Å². The van der Waals surface area contributed by atoms with E-state index in [-0.39, 0.29) is 11.6 Å². The van der Waals surface area contributed by atoms with Crippen molar-refractivity contribution in [3.05, 3.63) is 89.0 Å². The molecule has 118 valence electrons. The Kier molecular flexibility index (Phi) is 2.85. The molecule has 1 aliphatic carbocycles. The first-order chi connectivity index (χ1) is 12.2. The molecule has 4 nitrogen and oxygen atoms in total. The Morgan fingerprint density at radius 3 is 2.08 bits per heavy atom. The monoisotopic (exact) mass is 326 g/mol. The van der Waals surface area contributed by atoms with Gasteiger partial charge in [0.05, 0.1) is 5.56 Å². The zero-order valence-corrected chi connectivity index (χ0v) is 13.1. The Balaban J connectivity index is 1.64. The van der Waals surface area contributed by atoms with Crippen LogP contribution in [0.1, 0.15) is 31.8 Å². The quantitative estimate of drug-likeness (QED) is 0.505. The second-order valence-corrected chi connectivity index (χ2v) is 6.00. The smallest absolute Gasteiger partial charge is 0.519 e. The summed E-state index contributed by atoms with van der Waals surface area (Å²) >= 11 is 0. The van der Waals surface area contributed by atoms with Gasteiger partial charge in [-0.05, 0) is 12.1 Å². The first-order valence-electron chi connectivity index (χ1n) is 7.98. The van der Waals surface area contributed by atoms with E-state index >= 15 is 0 Å². The molecule has 0 atom stereocenters. The molecule has 0 bridgehead atoms.